The summed E-state index contributed by atoms with van der Waals surface area (Å²) in [7, 11) is 6.98. The molecule has 1 aliphatic heterocycles. The van der Waals surface area contributed by atoms with Crippen LogP contribution < -0.4 is 9.47 Å². The summed E-state index contributed by atoms with van der Waals surface area (Å²) < 4.78 is 10.9. The van der Waals surface area contributed by atoms with Crippen LogP contribution in [0.3, 0.4) is 0 Å². The van der Waals surface area contributed by atoms with Crippen LogP contribution in [-0.4, -0.2) is 73.0 Å². The number of aromatic nitrogens is 1. The van der Waals surface area contributed by atoms with Gasteiger partial charge >= 0.3 is 0 Å². The van der Waals surface area contributed by atoms with E-state index in [4.69, 9.17) is 9.47 Å². The van der Waals surface area contributed by atoms with Crippen LogP contribution in [0.4, 0.5) is 0 Å². The van der Waals surface area contributed by atoms with E-state index in [1.54, 1.807) is 37.1 Å². The van der Waals surface area contributed by atoms with Crippen LogP contribution in [0.5, 0.6) is 11.5 Å². The number of ketones is 1. The van der Waals surface area contributed by atoms with Crippen LogP contribution in [0, 0.1) is 13.8 Å². The van der Waals surface area contributed by atoms with Gasteiger partial charge in [-0.1, -0.05) is 0 Å². The van der Waals surface area contributed by atoms with E-state index < -0.39 is 23.5 Å². The van der Waals surface area contributed by atoms with E-state index in [-0.39, 0.29) is 5.57 Å². The van der Waals surface area contributed by atoms with Gasteiger partial charge in [0.25, 0.3) is 5.91 Å². The third kappa shape index (κ3) is 4.49. The van der Waals surface area contributed by atoms with E-state index in [9.17, 15) is 14.7 Å². The Morgan fingerprint density at radius 1 is 1.25 bits per heavy atom. The number of carbonyl (C=O) groups excluding carboxylic acids is 2. The molecule has 1 amide bonds. The van der Waals surface area contributed by atoms with Crippen molar-refractivity contribution in [3.05, 3.63) is 50.7 Å². The maximum Gasteiger partial charge on any atom is 0.290 e. The van der Waals surface area contributed by atoms with Gasteiger partial charge in [-0.15, -0.1) is 11.3 Å². The van der Waals surface area contributed by atoms with Crippen molar-refractivity contribution in [1.82, 2.24) is 14.8 Å². The SMILES string of the molecule is COc1ccc(C2C(C(=O)c3sc(C)nc3C)=C(O)C(=O)N2CCCN(C)C)c(OC)c1. The van der Waals surface area contributed by atoms with E-state index in [1.165, 1.54) is 18.4 Å². The summed E-state index contributed by atoms with van der Waals surface area (Å²) >= 11 is 1.26. The largest absolute Gasteiger partial charge is 0.503 e. The van der Waals surface area contributed by atoms with Gasteiger partial charge in [0.2, 0.25) is 5.78 Å². The molecule has 9 heteroatoms. The number of nitrogens with zero attached hydrogens (tertiary/aromatic N) is 3. The second kappa shape index (κ2) is 9.70. The second-order valence-corrected chi connectivity index (χ2v) is 9.11. The lowest BCUT2D eigenvalue weighted by molar-refractivity contribution is -0.129. The summed E-state index contributed by atoms with van der Waals surface area (Å²) in [5.74, 6) is -0.417. The summed E-state index contributed by atoms with van der Waals surface area (Å²) in [5.41, 5.74) is 1.24. The van der Waals surface area contributed by atoms with E-state index >= 15 is 0 Å². The standard InChI is InChI=1S/C23H29N3O5S/c1-13-22(32-14(2)24-13)20(27)18-19(16-9-8-15(30-5)12-17(16)31-6)26(23(29)21(18)28)11-7-10-25(3)4/h8-9,12,19,28H,7,10-11H2,1-6H3. The number of hydrogen-bond donors (Lipinski definition) is 1. The number of rotatable bonds is 9. The molecule has 8 nitrogen and oxygen atoms in total. The molecule has 0 bridgehead atoms. The zero-order valence-electron chi connectivity index (χ0n) is 19.3. The molecule has 0 aliphatic carbocycles. The predicted octanol–water partition coefficient (Wildman–Crippen LogP) is 3.31. The first-order chi connectivity index (χ1) is 15.2. The average molecular weight is 460 g/mol. The molecular formula is C23H29N3O5S. The maximum atomic E-state index is 13.6. The van der Waals surface area contributed by atoms with Crippen molar-refractivity contribution in [2.24, 2.45) is 0 Å². The van der Waals surface area contributed by atoms with Crippen molar-refractivity contribution < 1.29 is 24.2 Å². The van der Waals surface area contributed by atoms with Crippen molar-refractivity contribution in [2.75, 3.05) is 41.4 Å². The van der Waals surface area contributed by atoms with Gasteiger partial charge in [-0.25, -0.2) is 4.98 Å². The minimum Gasteiger partial charge on any atom is -0.503 e. The lowest BCUT2D eigenvalue weighted by Crippen LogP contribution is -2.33. The van der Waals surface area contributed by atoms with Crippen LogP contribution in [0.2, 0.25) is 0 Å². The van der Waals surface area contributed by atoms with Crippen molar-refractivity contribution in [3.63, 3.8) is 0 Å². The van der Waals surface area contributed by atoms with Gasteiger partial charge in [0.1, 0.15) is 11.5 Å². The van der Waals surface area contributed by atoms with Gasteiger partial charge in [0.05, 0.1) is 41.4 Å². The molecule has 0 saturated heterocycles. The quantitative estimate of drug-likeness (QED) is 0.575. The molecule has 172 valence electrons. The topological polar surface area (TPSA) is 92.2 Å². The minimum absolute atomic E-state index is 0.0510. The fourth-order valence-corrected chi connectivity index (χ4v) is 4.78. The number of aliphatic hydroxyl groups excluding tert-OH is 1. The fraction of sp³-hybridized carbons (Fsp3) is 0.435. The number of ether oxygens (including phenoxy) is 2. The Labute approximate surface area is 192 Å². The van der Waals surface area contributed by atoms with Gasteiger partial charge in [0.15, 0.2) is 5.76 Å². The number of amides is 1. The molecule has 3 rings (SSSR count). The summed E-state index contributed by atoms with van der Waals surface area (Å²) in [6.45, 7) is 4.70. The average Bonchev–Trinajstić information content (AvgIpc) is 3.22. The monoisotopic (exact) mass is 459 g/mol. The molecule has 1 aromatic heterocycles. The fourth-order valence-electron chi connectivity index (χ4n) is 3.91. The molecule has 2 heterocycles. The zero-order chi connectivity index (χ0) is 23.6. The smallest absolute Gasteiger partial charge is 0.290 e. The lowest BCUT2D eigenvalue weighted by Gasteiger charge is -2.28. The molecule has 2 aromatic rings. The van der Waals surface area contributed by atoms with Crippen LogP contribution in [0.15, 0.2) is 29.5 Å². The second-order valence-electron chi connectivity index (χ2n) is 7.90. The van der Waals surface area contributed by atoms with E-state index in [0.717, 1.165) is 11.6 Å². The molecule has 32 heavy (non-hydrogen) atoms. The number of Topliss-reactive ketones (excluding diaryl/α,β-unsaturated/α-hetero) is 1. The Hall–Kier alpha value is -2.91. The van der Waals surface area contributed by atoms with Gasteiger partial charge in [-0.05, 0) is 53.0 Å². The Balaban J connectivity index is 2.12. The normalized spacial score (nSPS) is 16.3. The first-order valence-corrected chi connectivity index (χ1v) is 11.1. The van der Waals surface area contributed by atoms with Crippen molar-refractivity contribution in [3.8, 4) is 11.5 Å². The summed E-state index contributed by atoms with van der Waals surface area (Å²) in [5, 5.41) is 11.6. The van der Waals surface area contributed by atoms with Gasteiger partial charge in [-0.2, -0.15) is 0 Å². The molecule has 1 unspecified atom stereocenters. The Morgan fingerprint density at radius 2 is 1.97 bits per heavy atom. The maximum absolute atomic E-state index is 13.6. The molecule has 1 aliphatic rings. The molecule has 1 atom stereocenters. The predicted molar refractivity (Wildman–Crippen MR) is 123 cm³/mol. The van der Waals surface area contributed by atoms with Crippen molar-refractivity contribution in [2.45, 2.75) is 26.3 Å². The van der Waals surface area contributed by atoms with Crippen LogP contribution in [0.25, 0.3) is 0 Å². The molecule has 1 N–H and O–H groups in total. The third-order valence-corrected chi connectivity index (χ3v) is 6.47. The summed E-state index contributed by atoms with van der Waals surface area (Å²) in [6, 6.07) is 4.45. The highest BCUT2D eigenvalue weighted by molar-refractivity contribution is 7.14. The van der Waals surface area contributed by atoms with Gasteiger partial charge < -0.3 is 24.4 Å². The van der Waals surface area contributed by atoms with Crippen molar-refractivity contribution >= 4 is 23.0 Å². The molecular weight excluding hydrogens is 430 g/mol. The molecule has 1 aromatic carbocycles. The molecule has 0 saturated carbocycles. The molecule has 0 fully saturated rings. The highest BCUT2D eigenvalue weighted by atomic mass is 32.1. The van der Waals surface area contributed by atoms with E-state index in [2.05, 4.69) is 4.98 Å². The van der Waals surface area contributed by atoms with Gasteiger partial charge in [-0.3, -0.25) is 9.59 Å². The Morgan fingerprint density at radius 3 is 2.53 bits per heavy atom. The van der Waals surface area contributed by atoms with Crippen LogP contribution >= 0.6 is 11.3 Å². The summed E-state index contributed by atoms with van der Waals surface area (Å²) in [6.07, 6.45) is 0.682. The first kappa shape index (κ1) is 23.7. The minimum atomic E-state index is -0.778. The van der Waals surface area contributed by atoms with Crippen LogP contribution in [-0.2, 0) is 4.79 Å². The number of benzene rings is 1. The number of methoxy groups -OCH3 is 2. The molecule has 0 radical (unpaired) electrons. The van der Waals surface area contributed by atoms with Gasteiger partial charge in [0, 0.05) is 18.2 Å². The van der Waals surface area contributed by atoms with E-state index in [1.807, 2.05) is 25.9 Å². The van der Waals surface area contributed by atoms with Crippen molar-refractivity contribution in [1.29, 1.82) is 0 Å². The first-order valence-electron chi connectivity index (χ1n) is 10.3. The number of aliphatic hydroxyl groups is 1. The number of carbonyl (C=O) groups is 2. The highest BCUT2D eigenvalue weighted by Gasteiger charge is 2.45. The number of hydrogen-bond acceptors (Lipinski definition) is 8. The van der Waals surface area contributed by atoms with Crippen LogP contribution in [0.1, 0.15) is 38.4 Å². The summed E-state index contributed by atoms with van der Waals surface area (Å²) in [4.78, 5) is 35.0. The van der Waals surface area contributed by atoms with E-state index in [0.29, 0.717) is 40.6 Å². The third-order valence-electron chi connectivity index (χ3n) is 5.40. The Bertz CT molecular complexity index is 1060. The highest BCUT2D eigenvalue weighted by Crippen LogP contribution is 2.44. The molecule has 0 spiro atoms. The Kier molecular flexibility index (Phi) is 7.20. The number of thiazole rings is 1. The number of aryl methyl sites for hydroxylation is 2. The lowest BCUT2D eigenvalue weighted by atomic mass is 9.94. The zero-order valence-corrected chi connectivity index (χ0v) is 20.1.